The molecule has 2 aliphatic rings. The zero-order valence-corrected chi connectivity index (χ0v) is 20.1. The van der Waals surface area contributed by atoms with Crippen molar-refractivity contribution in [2.24, 2.45) is 11.7 Å². The highest BCUT2D eigenvalue weighted by Gasteiger charge is 2.30. The van der Waals surface area contributed by atoms with E-state index in [4.69, 9.17) is 33.7 Å². The van der Waals surface area contributed by atoms with Crippen LogP contribution in [-0.4, -0.2) is 55.9 Å². The number of ether oxygens (including phenoxy) is 1. The SMILES string of the molecule is NC(=O)C1CCC(n2c(Nc3c(F)cc(Cl)cc3Cl)nc3cnc(N[C@@H]4COC[C@H]4O)nc32)CC1. The van der Waals surface area contributed by atoms with E-state index in [1.54, 1.807) is 6.20 Å². The van der Waals surface area contributed by atoms with Gasteiger partial charge in [-0.2, -0.15) is 4.98 Å². The normalized spacial score (nSPS) is 24.6. The van der Waals surface area contributed by atoms with E-state index in [0.717, 1.165) is 6.07 Å². The highest BCUT2D eigenvalue weighted by atomic mass is 35.5. The van der Waals surface area contributed by atoms with Crippen LogP contribution in [0.1, 0.15) is 31.7 Å². The molecule has 0 bridgehead atoms. The van der Waals surface area contributed by atoms with Gasteiger partial charge in [-0.3, -0.25) is 9.36 Å². The summed E-state index contributed by atoms with van der Waals surface area (Å²) in [5, 5.41) is 16.5. The molecule has 35 heavy (non-hydrogen) atoms. The van der Waals surface area contributed by atoms with Crippen LogP contribution in [0.3, 0.4) is 0 Å². The molecule has 2 fully saturated rings. The van der Waals surface area contributed by atoms with Crippen molar-refractivity contribution >= 4 is 57.9 Å². The zero-order chi connectivity index (χ0) is 24.7. The van der Waals surface area contributed by atoms with Crippen molar-refractivity contribution in [2.45, 2.75) is 43.9 Å². The number of anilines is 3. The van der Waals surface area contributed by atoms with E-state index in [1.165, 1.54) is 6.07 Å². The molecule has 1 amide bonds. The lowest BCUT2D eigenvalue weighted by Crippen LogP contribution is -2.32. The third kappa shape index (κ3) is 4.86. The van der Waals surface area contributed by atoms with Crippen LogP contribution in [-0.2, 0) is 9.53 Å². The van der Waals surface area contributed by atoms with Gasteiger partial charge in [-0.1, -0.05) is 23.2 Å². The van der Waals surface area contributed by atoms with Crippen LogP contribution in [0.5, 0.6) is 0 Å². The second-order valence-corrected chi connectivity index (χ2v) is 9.68. The molecule has 13 heteroatoms. The number of primary amides is 1. The number of fused-ring (bicyclic) bond motifs is 1. The Hall–Kier alpha value is -2.73. The summed E-state index contributed by atoms with van der Waals surface area (Å²) in [5.41, 5.74) is 6.56. The molecular weight excluding hydrogens is 500 g/mol. The lowest BCUT2D eigenvalue weighted by molar-refractivity contribution is -0.122. The first-order valence-corrected chi connectivity index (χ1v) is 12.0. The van der Waals surface area contributed by atoms with E-state index < -0.39 is 11.9 Å². The van der Waals surface area contributed by atoms with Gasteiger partial charge in [0.05, 0.1) is 42.3 Å². The van der Waals surface area contributed by atoms with Crippen molar-refractivity contribution < 1.29 is 19.0 Å². The van der Waals surface area contributed by atoms with E-state index in [-0.39, 0.29) is 46.2 Å². The van der Waals surface area contributed by atoms with Gasteiger partial charge >= 0.3 is 0 Å². The number of carbonyl (C=O) groups excluding carboxylic acids is 1. The van der Waals surface area contributed by atoms with Crippen molar-refractivity contribution in [2.75, 3.05) is 23.8 Å². The van der Waals surface area contributed by atoms with E-state index in [2.05, 4.69) is 25.6 Å². The van der Waals surface area contributed by atoms with Crippen molar-refractivity contribution in [1.82, 2.24) is 19.5 Å². The number of benzene rings is 1. The standard InChI is InChI=1S/C22H24Cl2FN7O3/c23-11-5-13(24)18(14(25)6-11)30-22-29-15-7-27-21(28-16-8-35-9-17(16)33)31-20(15)32(22)12-3-1-10(2-4-12)19(26)34/h5-7,10,12,16-17,33H,1-4,8-9H2,(H2,26,34)(H,29,30)(H,27,28,31)/t10?,12?,16-,17-/m1/s1. The number of nitrogens with two attached hydrogens (primary N) is 1. The first-order chi connectivity index (χ1) is 16.8. The molecule has 0 spiro atoms. The molecule has 2 atom stereocenters. The Morgan fingerprint density at radius 1 is 1.20 bits per heavy atom. The van der Waals surface area contributed by atoms with Gasteiger partial charge < -0.3 is 26.2 Å². The number of hydrogen-bond acceptors (Lipinski definition) is 8. The minimum atomic E-state index is -0.671. The fraction of sp³-hybridized carbons (Fsp3) is 0.455. The van der Waals surface area contributed by atoms with Crippen molar-refractivity contribution in [3.63, 3.8) is 0 Å². The number of rotatable bonds is 6. The fourth-order valence-corrected chi connectivity index (χ4v) is 5.15. The molecule has 5 N–H and O–H groups in total. The number of hydrogen-bond donors (Lipinski definition) is 4. The Bertz CT molecular complexity index is 1240. The molecule has 3 aromatic rings. The van der Waals surface area contributed by atoms with Gasteiger partial charge in [0.25, 0.3) is 0 Å². The summed E-state index contributed by atoms with van der Waals surface area (Å²) >= 11 is 12.2. The summed E-state index contributed by atoms with van der Waals surface area (Å²) in [5.74, 6) is -0.473. The summed E-state index contributed by atoms with van der Waals surface area (Å²) < 4.78 is 21.9. The molecule has 186 valence electrons. The van der Waals surface area contributed by atoms with Crippen LogP contribution in [0.25, 0.3) is 11.2 Å². The summed E-state index contributed by atoms with van der Waals surface area (Å²) in [4.78, 5) is 25.3. The minimum Gasteiger partial charge on any atom is -0.388 e. The molecule has 3 heterocycles. The number of aliphatic hydroxyl groups excluding tert-OH is 1. The maximum atomic E-state index is 14.7. The topological polar surface area (TPSA) is 140 Å². The molecule has 0 radical (unpaired) electrons. The van der Waals surface area contributed by atoms with Crippen LogP contribution >= 0.6 is 23.2 Å². The van der Waals surface area contributed by atoms with Gasteiger partial charge in [-0.05, 0) is 37.8 Å². The lowest BCUT2D eigenvalue weighted by atomic mass is 9.85. The third-order valence-corrected chi connectivity index (χ3v) is 7.02. The number of nitrogens with one attached hydrogen (secondary N) is 2. The van der Waals surface area contributed by atoms with Crippen LogP contribution in [0.15, 0.2) is 18.3 Å². The molecular formula is C22H24Cl2FN7O3. The number of imidazole rings is 1. The van der Waals surface area contributed by atoms with Crippen molar-refractivity contribution in [3.05, 3.63) is 34.2 Å². The fourth-order valence-electron chi connectivity index (χ4n) is 4.63. The largest absolute Gasteiger partial charge is 0.388 e. The quantitative estimate of drug-likeness (QED) is 0.385. The first-order valence-electron chi connectivity index (χ1n) is 11.3. The first kappa shape index (κ1) is 24.0. The molecule has 1 aliphatic heterocycles. The second-order valence-electron chi connectivity index (χ2n) is 8.84. The molecule has 10 nitrogen and oxygen atoms in total. The summed E-state index contributed by atoms with van der Waals surface area (Å²) in [7, 11) is 0. The van der Waals surface area contributed by atoms with Crippen LogP contribution < -0.4 is 16.4 Å². The van der Waals surface area contributed by atoms with Gasteiger partial charge in [-0.25, -0.2) is 14.4 Å². The number of aromatic nitrogens is 4. The Kier molecular flexibility index (Phi) is 6.67. The Morgan fingerprint density at radius 2 is 1.97 bits per heavy atom. The minimum absolute atomic E-state index is 0.0379. The van der Waals surface area contributed by atoms with Gasteiger partial charge in [0, 0.05) is 17.0 Å². The summed E-state index contributed by atoms with van der Waals surface area (Å²) in [6.07, 6.45) is 3.45. The molecule has 0 unspecified atom stereocenters. The Morgan fingerprint density at radius 3 is 2.63 bits per heavy atom. The van der Waals surface area contributed by atoms with Crippen molar-refractivity contribution in [3.8, 4) is 0 Å². The third-order valence-electron chi connectivity index (χ3n) is 6.51. The molecule has 1 saturated heterocycles. The van der Waals surface area contributed by atoms with E-state index in [9.17, 15) is 14.3 Å². The van der Waals surface area contributed by atoms with Crippen LogP contribution in [0.4, 0.5) is 22.0 Å². The average Bonchev–Trinajstić information content (AvgIpc) is 3.38. The predicted molar refractivity (Wildman–Crippen MR) is 129 cm³/mol. The van der Waals surface area contributed by atoms with Crippen molar-refractivity contribution in [1.29, 1.82) is 0 Å². The number of aliphatic hydroxyl groups is 1. The molecule has 1 aliphatic carbocycles. The summed E-state index contributed by atoms with van der Waals surface area (Å²) in [6, 6.07) is 2.19. The van der Waals surface area contributed by atoms with Gasteiger partial charge in [0.15, 0.2) is 5.65 Å². The van der Waals surface area contributed by atoms with Gasteiger partial charge in [0.2, 0.25) is 17.8 Å². The maximum Gasteiger partial charge on any atom is 0.225 e. The Labute approximate surface area is 210 Å². The number of nitrogens with zero attached hydrogens (tertiary/aromatic N) is 4. The Balaban J connectivity index is 1.54. The molecule has 1 aromatic carbocycles. The van der Waals surface area contributed by atoms with E-state index in [1.807, 2.05) is 4.57 Å². The van der Waals surface area contributed by atoms with Gasteiger partial charge in [-0.15, -0.1) is 0 Å². The van der Waals surface area contributed by atoms with E-state index in [0.29, 0.717) is 55.4 Å². The summed E-state index contributed by atoms with van der Waals surface area (Å²) in [6.45, 7) is 0.572. The van der Waals surface area contributed by atoms with Gasteiger partial charge in [0.1, 0.15) is 11.3 Å². The zero-order valence-electron chi connectivity index (χ0n) is 18.5. The monoisotopic (exact) mass is 523 g/mol. The van der Waals surface area contributed by atoms with E-state index >= 15 is 0 Å². The molecule has 5 rings (SSSR count). The number of amides is 1. The highest BCUT2D eigenvalue weighted by molar-refractivity contribution is 6.36. The molecule has 1 saturated carbocycles. The maximum absolute atomic E-state index is 14.7. The predicted octanol–water partition coefficient (Wildman–Crippen LogP) is 3.40. The van der Waals surface area contributed by atoms with Crippen LogP contribution in [0, 0.1) is 11.7 Å². The molecule has 2 aromatic heterocycles. The lowest BCUT2D eigenvalue weighted by Gasteiger charge is -2.29. The average molecular weight is 524 g/mol. The second kappa shape index (κ2) is 9.73. The number of halogens is 3. The van der Waals surface area contributed by atoms with Crippen LogP contribution in [0.2, 0.25) is 10.0 Å². The smallest absolute Gasteiger partial charge is 0.225 e. The number of carbonyl (C=O) groups is 1. The highest BCUT2D eigenvalue weighted by Crippen LogP contribution is 2.38.